The maximum Gasteiger partial charge on any atom is 0.322 e. The maximum absolute atomic E-state index is 10.8. The number of aliphatic carboxylic acids is 1. The van der Waals surface area contributed by atoms with Gasteiger partial charge in [-0.15, -0.1) is 0 Å². The first-order valence-electron chi connectivity index (χ1n) is 3.98. The summed E-state index contributed by atoms with van der Waals surface area (Å²) in [6.45, 7) is 3.50. The van der Waals surface area contributed by atoms with Gasteiger partial charge in [-0.1, -0.05) is 20.3 Å². The van der Waals surface area contributed by atoms with E-state index >= 15 is 0 Å². The molecule has 0 aliphatic carbocycles. The summed E-state index contributed by atoms with van der Waals surface area (Å²) in [5.74, 6) is -1.35. The molecular formula is C7H15NO4S. The number of hydrogen-bond donors (Lipinski definition) is 2. The van der Waals surface area contributed by atoms with Crippen molar-refractivity contribution in [3.63, 3.8) is 0 Å². The molecule has 0 spiro atoms. The number of carbonyl (C=O) groups is 1. The van der Waals surface area contributed by atoms with Crippen molar-refractivity contribution < 1.29 is 18.3 Å². The van der Waals surface area contributed by atoms with E-state index in [1.807, 2.05) is 6.92 Å². The predicted octanol–water partition coefficient (Wildman–Crippen LogP) is 0.0349. The van der Waals surface area contributed by atoms with Crippen LogP contribution in [0.4, 0.5) is 0 Å². The highest BCUT2D eigenvalue weighted by atomic mass is 32.2. The van der Waals surface area contributed by atoms with E-state index in [0.29, 0.717) is 6.42 Å². The molecule has 0 saturated heterocycles. The van der Waals surface area contributed by atoms with Crippen molar-refractivity contribution in [2.45, 2.75) is 26.3 Å². The van der Waals surface area contributed by atoms with Crippen LogP contribution in [0.2, 0.25) is 0 Å². The van der Waals surface area contributed by atoms with E-state index in [-0.39, 0.29) is 5.92 Å². The average Bonchev–Trinajstić information content (AvgIpc) is 1.96. The highest BCUT2D eigenvalue weighted by Gasteiger charge is 2.26. The first-order valence-corrected chi connectivity index (χ1v) is 5.87. The van der Waals surface area contributed by atoms with Crippen LogP contribution in [0.5, 0.6) is 0 Å². The third-order valence-corrected chi connectivity index (χ3v) is 2.50. The molecule has 0 amide bonds. The van der Waals surface area contributed by atoms with E-state index in [9.17, 15) is 13.2 Å². The van der Waals surface area contributed by atoms with Crippen LogP contribution in [0.15, 0.2) is 0 Å². The second-order valence-corrected chi connectivity index (χ2v) is 4.87. The van der Waals surface area contributed by atoms with Gasteiger partial charge in [0.1, 0.15) is 6.04 Å². The third-order valence-electron chi connectivity index (χ3n) is 1.82. The minimum atomic E-state index is -3.45. The number of hydrogen-bond acceptors (Lipinski definition) is 3. The molecule has 0 aromatic heterocycles. The molecule has 0 fully saturated rings. The second-order valence-electron chi connectivity index (χ2n) is 3.09. The Morgan fingerprint density at radius 3 is 2.23 bits per heavy atom. The molecule has 0 unspecified atom stereocenters. The Morgan fingerprint density at radius 1 is 1.54 bits per heavy atom. The molecule has 0 radical (unpaired) electrons. The van der Waals surface area contributed by atoms with Gasteiger partial charge in [-0.3, -0.25) is 4.79 Å². The van der Waals surface area contributed by atoms with Crippen molar-refractivity contribution in [3.05, 3.63) is 0 Å². The quantitative estimate of drug-likeness (QED) is 0.669. The molecule has 0 rings (SSSR count). The zero-order valence-electron chi connectivity index (χ0n) is 7.94. The van der Waals surface area contributed by atoms with Crippen LogP contribution >= 0.6 is 0 Å². The smallest absolute Gasteiger partial charge is 0.322 e. The van der Waals surface area contributed by atoms with Crippen LogP contribution in [0.3, 0.4) is 0 Å². The van der Waals surface area contributed by atoms with E-state index in [2.05, 4.69) is 4.72 Å². The summed E-state index contributed by atoms with van der Waals surface area (Å²) in [5.41, 5.74) is 0. The van der Waals surface area contributed by atoms with Crippen molar-refractivity contribution in [2.24, 2.45) is 5.92 Å². The Kier molecular flexibility index (Phi) is 4.35. The number of sulfonamides is 1. The van der Waals surface area contributed by atoms with E-state index in [0.717, 1.165) is 6.26 Å². The lowest BCUT2D eigenvalue weighted by atomic mass is 10.0. The Labute approximate surface area is 78.2 Å². The molecule has 13 heavy (non-hydrogen) atoms. The average molecular weight is 209 g/mol. The van der Waals surface area contributed by atoms with Crippen LogP contribution in [0.1, 0.15) is 20.3 Å². The lowest BCUT2D eigenvalue weighted by molar-refractivity contribution is -0.140. The summed E-state index contributed by atoms with van der Waals surface area (Å²) in [4.78, 5) is 10.7. The van der Waals surface area contributed by atoms with Crippen LogP contribution in [-0.4, -0.2) is 31.8 Å². The van der Waals surface area contributed by atoms with Gasteiger partial charge in [-0.2, -0.15) is 0 Å². The fourth-order valence-electron chi connectivity index (χ4n) is 0.876. The molecule has 2 atom stereocenters. The van der Waals surface area contributed by atoms with Crippen LogP contribution in [-0.2, 0) is 14.8 Å². The van der Waals surface area contributed by atoms with Crippen molar-refractivity contribution in [3.8, 4) is 0 Å². The molecule has 5 nitrogen and oxygen atoms in total. The van der Waals surface area contributed by atoms with Crippen LogP contribution in [0.25, 0.3) is 0 Å². The van der Waals surface area contributed by atoms with Gasteiger partial charge in [0.05, 0.1) is 6.26 Å². The molecule has 0 aromatic carbocycles. The van der Waals surface area contributed by atoms with Gasteiger partial charge in [0.25, 0.3) is 0 Å². The van der Waals surface area contributed by atoms with Gasteiger partial charge in [-0.25, -0.2) is 13.1 Å². The van der Waals surface area contributed by atoms with E-state index < -0.39 is 22.0 Å². The largest absolute Gasteiger partial charge is 0.480 e. The van der Waals surface area contributed by atoms with E-state index in [1.165, 1.54) is 0 Å². The van der Waals surface area contributed by atoms with Gasteiger partial charge < -0.3 is 5.11 Å². The first-order chi connectivity index (χ1) is 5.78. The van der Waals surface area contributed by atoms with Gasteiger partial charge in [0, 0.05) is 0 Å². The molecule has 0 aliphatic heterocycles. The van der Waals surface area contributed by atoms with Crippen LogP contribution < -0.4 is 4.72 Å². The molecule has 0 bridgehead atoms. The molecule has 2 N–H and O–H groups in total. The van der Waals surface area contributed by atoms with Gasteiger partial charge in [0.2, 0.25) is 10.0 Å². The third kappa shape index (κ3) is 4.84. The monoisotopic (exact) mass is 209 g/mol. The standard InChI is InChI=1S/C7H15NO4S/c1-4-5(2)6(7(9)10)8-13(3,11)12/h5-6,8H,4H2,1-3H3,(H,9,10)/t5-,6-/m0/s1. The fourth-order valence-corrected chi connectivity index (χ4v) is 1.67. The highest BCUT2D eigenvalue weighted by Crippen LogP contribution is 2.08. The summed E-state index contributed by atoms with van der Waals surface area (Å²) in [5, 5.41) is 8.71. The van der Waals surface area contributed by atoms with Gasteiger partial charge >= 0.3 is 5.97 Å². The molecule has 0 saturated carbocycles. The van der Waals surface area contributed by atoms with E-state index in [4.69, 9.17) is 5.11 Å². The number of rotatable bonds is 5. The van der Waals surface area contributed by atoms with Crippen molar-refractivity contribution >= 4 is 16.0 Å². The zero-order valence-corrected chi connectivity index (χ0v) is 8.76. The Morgan fingerprint density at radius 2 is 2.00 bits per heavy atom. The first kappa shape index (κ1) is 12.4. The SMILES string of the molecule is CC[C@H](C)[C@H](NS(C)(=O)=O)C(=O)O. The molecular weight excluding hydrogens is 194 g/mol. The van der Waals surface area contributed by atoms with Crippen molar-refractivity contribution in [1.82, 2.24) is 4.72 Å². The predicted molar refractivity (Wildman–Crippen MR) is 48.9 cm³/mol. The second kappa shape index (κ2) is 4.57. The molecule has 0 aromatic rings. The molecule has 6 heteroatoms. The van der Waals surface area contributed by atoms with Crippen LogP contribution in [0, 0.1) is 5.92 Å². The number of nitrogens with one attached hydrogen (secondary N) is 1. The summed E-state index contributed by atoms with van der Waals surface area (Å²) < 4.78 is 23.7. The Hall–Kier alpha value is -0.620. The zero-order chi connectivity index (χ0) is 10.6. The topological polar surface area (TPSA) is 83.5 Å². The lowest BCUT2D eigenvalue weighted by Gasteiger charge is -2.18. The summed E-state index contributed by atoms with van der Waals surface area (Å²) in [6, 6.07) is -1.03. The summed E-state index contributed by atoms with van der Waals surface area (Å²) in [6.07, 6.45) is 1.56. The normalized spacial score (nSPS) is 16.5. The number of carboxylic acids is 1. The summed E-state index contributed by atoms with van der Waals surface area (Å²) in [7, 11) is -3.45. The minimum absolute atomic E-state index is 0.216. The van der Waals surface area contributed by atoms with Gasteiger partial charge in [-0.05, 0) is 5.92 Å². The summed E-state index contributed by atoms with van der Waals surface area (Å²) >= 11 is 0. The lowest BCUT2D eigenvalue weighted by Crippen LogP contribution is -2.44. The molecule has 0 heterocycles. The minimum Gasteiger partial charge on any atom is -0.480 e. The van der Waals surface area contributed by atoms with Gasteiger partial charge in [0.15, 0.2) is 0 Å². The number of carboxylic acid groups (broad SMARTS) is 1. The highest BCUT2D eigenvalue weighted by molar-refractivity contribution is 7.88. The molecule has 0 aliphatic rings. The van der Waals surface area contributed by atoms with Crippen molar-refractivity contribution in [2.75, 3.05) is 6.26 Å². The Balaban J connectivity index is 4.54. The van der Waals surface area contributed by atoms with Crippen molar-refractivity contribution in [1.29, 1.82) is 0 Å². The molecule has 78 valence electrons. The maximum atomic E-state index is 10.8. The fraction of sp³-hybridized carbons (Fsp3) is 0.857. The van der Waals surface area contributed by atoms with E-state index in [1.54, 1.807) is 6.92 Å². The Bertz CT molecular complexity index is 272.